The largest absolute Gasteiger partial charge is 0.423 e. The zero-order valence-corrected chi connectivity index (χ0v) is 10.6. The minimum atomic E-state index is -0.538. The van der Waals surface area contributed by atoms with E-state index in [1.807, 2.05) is 13.8 Å². The summed E-state index contributed by atoms with van der Waals surface area (Å²) in [4.78, 5) is 0. The molecule has 78 valence electrons. The first-order chi connectivity index (χ1) is 6.43. The summed E-state index contributed by atoms with van der Waals surface area (Å²) in [6.45, 7) is 3.81. The standard InChI is InChI=1S/C10H14F2OSi/c1-10(2,13-14)6-7-3-8(11)5-9(12)4-7/h3-5H,6H2,1-2,14H3. The fraction of sp³-hybridized carbons (Fsp3) is 0.400. The molecule has 0 atom stereocenters. The molecule has 0 aliphatic rings. The number of hydrogen-bond donors (Lipinski definition) is 0. The van der Waals surface area contributed by atoms with Gasteiger partial charge in [0.1, 0.15) is 22.1 Å². The van der Waals surface area contributed by atoms with Crippen LogP contribution in [-0.2, 0) is 10.8 Å². The molecule has 0 N–H and O–H groups in total. The first-order valence-corrected chi connectivity index (χ1v) is 5.25. The molecular weight excluding hydrogens is 202 g/mol. The van der Waals surface area contributed by atoms with Gasteiger partial charge in [-0.05, 0) is 38.0 Å². The van der Waals surface area contributed by atoms with Crippen molar-refractivity contribution in [2.75, 3.05) is 0 Å². The first-order valence-electron chi connectivity index (χ1n) is 4.43. The van der Waals surface area contributed by atoms with Crippen LogP contribution in [0.15, 0.2) is 18.2 Å². The third-order valence-electron chi connectivity index (χ3n) is 2.10. The summed E-state index contributed by atoms with van der Waals surface area (Å²) < 4.78 is 31.0. The fourth-order valence-electron chi connectivity index (χ4n) is 1.28. The van der Waals surface area contributed by atoms with Gasteiger partial charge in [0.25, 0.3) is 0 Å². The highest BCUT2D eigenvalue weighted by atomic mass is 28.2. The molecule has 0 bridgehead atoms. The molecule has 0 spiro atoms. The Labute approximate surface area is 85.6 Å². The van der Waals surface area contributed by atoms with Crippen LogP contribution in [0.4, 0.5) is 8.78 Å². The molecule has 14 heavy (non-hydrogen) atoms. The molecule has 1 aromatic rings. The van der Waals surface area contributed by atoms with Gasteiger partial charge in [-0.15, -0.1) is 0 Å². The van der Waals surface area contributed by atoms with Crippen molar-refractivity contribution in [2.24, 2.45) is 0 Å². The van der Waals surface area contributed by atoms with E-state index in [0.29, 0.717) is 22.5 Å². The van der Waals surface area contributed by atoms with Crippen molar-refractivity contribution in [3.05, 3.63) is 35.4 Å². The molecule has 0 unspecified atom stereocenters. The smallest absolute Gasteiger partial charge is 0.146 e. The predicted molar refractivity (Wildman–Crippen MR) is 55.2 cm³/mol. The number of halogens is 2. The Morgan fingerprint density at radius 2 is 1.71 bits per heavy atom. The van der Waals surface area contributed by atoms with E-state index in [-0.39, 0.29) is 5.60 Å². The topological polar surface area (TPSA) is 9.23 Å². The van der Waals surface area contributed by atoms with Crippen LogP contribution in [0.5, 0.6) is 0 Å². The third-order valence-corrected chi connectivity index (χ3v) is 3.21. The lowest BCUT2D eigenvalue weighted by Gasteiger charge is -2.23. The lowest BCUT2D eigenvalue weighted by molar-refractivity contribution is 0.124. The van der Waals surface area contributed by atoms with Crippen LogP contribution in [0.1, 0.15) is 19.4 Å². The van der Waals surface area contributed by atoms with E-state index in [0.717, 1.165) is 6.07 Å². The Bertz CT molecular complexity index is 306. The molecule has 0 radical (unpaired) electrons. The van der Waals surface area contributed by atoms with Crippen molar-refractivity contribution in [1.29, 1.82) is 0 Å². The zero-order valence-electron chi connectivity index (χ0n) is 8.60. The van der Waals surface area contributed by atoms with Crippen molar-refractivity contribution in [3.63, 3.8) is 0 Å². The summed E-state index contributed by atoms with van der Waals surface area (Å²) in [5, 5.41) is 0. The van der Waals surface area contributed by atoms with E-state index in [9.17, 15) is 8.78 Å². The van der Waals surface area contributed by atoms with Crippen LogP contribution < -0.4 is 0 Å². The Hall–Kier alpha value is -0.743. The molecule has 4 heteroatoms. The van der Waals surface area contributed by atoms with Crippen LogP contribution in [0, 0.1) is 11.6 Å². The van der Waals surface area contributed by atoms with Crippen molar-refractivity contribution in [1.82, 2.24) is 0 Å². The molecule has 0 aromatic heterocycles. The Morgan fingerprint density at radius 1 is 1.21 bits per heavy atom. The quantitative estimate of drug-likeness (QED) is 0.697. The molecular formula is C10H14F2OSi. The van der Waals surface area contributed by atoms with Gasteiger partial charge in [0.05, 0.1) is 5.60 Å². The average Bonchev–Trinajstić information content (AvgIpc) is 2.01. The molecule has 1 rings (SSSR count). The van der Waals surface area contributed by atoms with E-state index in [1.54, 1.807) is 0 Å². The predicted octanol–water partition coefficient (Wildman–Crippen LogP) is 1.58. The van der Waals surface area contributed by atoms with Crippen LogP contribution in [0.3, 0.4) is 0 Å². The third kappa shape index (κ3) is 3.19. The summed E-state index contributed by atoms with van der Waals surface area (Å²) in [5.41, 5.74) is 0.287. The van der Waals surface area contributed by atoms with Gasteiger partial charge in [-0.25, -0.2) is 8.78 Å². The van der Waals surface area contributed by atoms with Gasteiger partial charge >= 0.3 is 0 Å². The summed E-state index contributed by atoms with van der Waals surface area (Å²) in [5.74, 6) is -1.08. The van der Waals surface area contributed by atoms with E-state index < -0.39 is 11.6 Å². The van der Waals surface area contributed by atoms with Gasteiger partial charge in [-0.2, -0.15) is 0 Å². The average molecular weight is 216 g/mol. The monoisotopic (exact) mass is 216 g/mol. The molecule has 0 heterocycles. The van der Waals surface area contributed by atoms with Crippen molar-refractivity contribution < 1.29 is 13.2 Å². The molecule has 0 aliphatic heterocycles. The van der Waals surface area contributed by atoms with Gasteiger partial charge in [-0.1, -0.05) is 0 Å². The van der Waals surface area contributed by atoms with E-state index in [2.05, 4.69) is 0 Å². The second-order valence-corrected chi connectivity index (χ2v) is 4.33. The van der Waals surface area contributed by atoms with Crippen LogP contribution >= 0.6 is 0 Å². The van der Waals surface area contributed by atoms with Gasteiger partial charge in [0, 0.05) is 6.07 Å². The number of hydrogen-bond acceptors (Lipinski definition) is 1. The van der Waals surface area contributed by atoms with Crippen LogP contribution in [0.2, 0.25) is 0 Å². The highest BCUT2D eigenvalue weighted by molar-refractivity contribution is 5.98. The molecule has 1 nitrogen and oxygen atoms in total. The summed E-state index contributed by atoms with van der Waals surface area (Å²) in [6, 6.07) is 3.55. The lowest BCUT2D eigenvalue weighted by atomic mass is 9.99. The highest BCUT2D eigenvalue weighted by Gasteiger charge is 2.17. The fourth-order valence-corrected chi connectivity index (χ4v) is 1.42. The maximum Gasteiger partial charge on any atom is 0.146 e. The minimum Gasteiger partial charge on any atom is -0.423 e. The molecule has 0 fully saturated rings. The zero-order chi connectivity index (χ0) is 10.8. The second-order valence-electron chi connectivity index (χ2n) is 3.92. The van der Waals surface area contributed by atoms with Crippen molar-refractivity contribution >= 4 is 10.5 Å². The lowest BCUT2D eigenvalue weighted by Crippen LogP contribution is -2.26. The molecule has 0 aliphatic carbocycles. The van der Waals surface area contributed by atoms with Crippen molar-refractivity contribution in [2.45, 2.75) is 25.9 Å². The van der Waals surface area contributed by atoms with E-state index in [1.165, 1.54) is 12.1 Å². The minimum absolute atomic E-state index is 0.341. The normalized spacial score (nSPS) is 12.0. The van der Waals surface area contributed by atoms with Crippen LogP contribution in [-0.4, -0.2) is 16.1 Å². The van der Waals surface area contributed by atoms with Gasteiger partial charge < -0.3 is 4.43 Å². The highest BCUT2D eigenvalue weighted by Crippen LogP contribution is 2.17. The summed E-state index contributed by atoms with van der Waals surface area (Å²) in [7, 11) is 0.617. The maximum absolute atomic E-state index is 12.8. The second kappa shape index (κ2) is 4.19. The maximum atomic E-state index is 12.8. The molecule has 0 amide bonds. The van der Waals surface area contributed by atoms with Crippen LogP contribution in [0.25, 0.3) is 0 Å². The SMILES string of the molecule is CC(C)(Cc1cc(F)cc(F)c1)O[SiH3]. The first kappa shape index (κ1) is 11.3. The van der Waals surface area contributed by atoms with E-state index >= 15 is 0 Å². The molecule has 0 saturated carbocycles. The summed E-state index contributed by atoms with van der Waals surface area (Å²) in [6.07, 6.45) is 0.519. The van der Waals surface area contributed by atoms with Gasteiger partial charge in [0.2, 0.25) is 0 Å². The van der Waals surface area contributed by atoms with Gasteiger partial charge in [0.15, 0.2) is 0 Å². The Kier molecular flexibility index (Phi) is 3.39. The molecule has 1 aromatic carbocycles. The number of benzene rings is 1. The summed E-state index contributed by atoms with van der Waals surface area (Å²) >= 11 is 0. The number of rotatable bonds is 3. The Morgan fingerprint density at radius 3 is 2.14 bits per heavy atom. The van der Waals surface area contributed by atoms with E-state index in [4.69, 9.17) is 4.43 Å². The van der Waals surface area contributed by atoms with Gasteiger partial charge in [-0.3, -0.25) is 0 Å². The molecule has 0 saturated heterocycles. The van der Waals surface area contributed by atoms with Crippen molar-refractivity contribution in [3.8, 4) is 0 Å². The Balaban J connectivity index is 2.87.